The highest BCUT2D eigenvalue weighted by Gasteiger charge is 2.18. The number of carbonyl (C=O) groups is 1. The van der Waals surface area contributed by atoms with E-state index in [4.69, 9.17) is 9.47 Å². The summed E-state index contributed by atoms with van der Waals surface area (Å²) in [7, 11) is 0. The van der Waals surface area contributed by atoms with Crippen LogP contribution in [0.2, 0.25) is 0 Å². The lowest BCUT2D eigenvalue weighted by Crippen LogP contribution is -2.24. The first-order valence-corrected chi connectivity index (χ1v) is 9.26. The van der Waals surface area contributed by atoms with Gasteiger partial charge in [0.25, 0.3) is 5.69 Å². The molecule has 0 saturated heterocycles. The molecule has 148 valence electrons. The average molecular weight is 385 g/mol. The fourth-order valence-corrected chi connectivity index (χ4v) is 2.94. The highest BCUT2D eigenvalue weighted by atomic mass is 16.6. The van der Waals surface area contributed by atoms with Crippen LogP contribution in [-0.2, 0) is 11.2 Å². The van der Waals surface area contributed by atoms with Crippen LogP contribution in [0.4, 0.5) is 11.4 Å². The minimum absolute atomic E-state index is 0.0438. The maximum Gasteiger partial charge on any atom is 0.269 e. The highest BCUT2D eigenvalue weighted by Crippen LogP contribution is 2.30. The zero-order chi connectivity index (χ0) is 19.8. The molecule has 0 bridgehead atoms. The van der Waals surface area contributed by atoms with Crippen LogP contribution < -0.4 is 20.1 Å². The van der Waals surface area contributed by atoms with Crippen molar-refractivity contribution < 1.29 is 19.2 Å². The average Bonchev–Trinajstić information content (AvgIpc) is 2.70. The molecule has 8 heteroatoms. The third kappa shape index (κ3) is 5.43. The van der Waals surface area contributed by atoms with Gasteiger partial charge in [0.2, 0.25) is 5.91 Å². The number of nitrogens with zero attached hydrogens (tertiary/aromatic N) is 1. The molecule has 0 aliphatic carbocycles. The summed E-state index contributed by atoms with van der Waals surface area (Å²) in [5, 5.41) is 16.8. The van der Waals surface area contributed by atoms with Crippen molar-refractivity contribution in [3.63, 3.8) is 0 Å². The number of fused-ring (bicyclic) bond motifs is 1. The summed E-state index contributed by atoms with van der Waals surface area (Å²) in [4.78, 5) is 21.6. The smallest absolute Gasteiger partial charge is 0.269 e. The molecule has 8 nitrogen and oxygen atoms in total. The first kappa shape index (κ1) is 19.6. The van der Waals surface area contributed by atoms with Gasteiger partial charge in [0, 0.05) is 36.3 Å². The van der Waals surface area contributed by atoms with Gasteiger partial charge in [0.05, 0.1) is 11.5 Å². The Bertz CT molecular complexity index is 823. The van der Waals surface area contributed by atoms with Crippen molar-refractivity contribution in [2.45, 2.75) is 19.3 Å². The quantitative estimate of drug-likeness (QED) is 0.370. The summed E-state index contributed by atoms with van der Waals surface area (Å²) in [6, 6.07) is 11.8. The number of nitrogens with one attached hydrogen (secondary N) is 2. The minimum atomic E-state index is -0.433. The molecule has 2 N–H and O–H groups in total. The molecular formula is C20H23N3O5. The zero-order valence-corrected chi connectivity index (χ0v) is 15.5. The van der Waals surface area contributed by atoms with Crippen LogP contribution >= 0.6 is 0 Å². The van der Waals surface area contributed by atoms with Crippen LogP contribution in [0.25, 0.3) is 0 Å². The van der Waals surface area contributed by atoms with E-state index in [0.717, 1.165) is 30.0 Å². The summed E-state index contributed by atoms with van der Waals surface area (Å²) >= 11 is 0. The molecule has 0 unspecified atom stereocenters. The van der Waals surface area contributed by atoms with E-state index < -0.39 is 4.92 Å². The molecule has 28 heavy (non-hydrogen) atoms. The van der Waals surface area contributed by atoms with Crippen molar-refractivity contribution in [3.05, 3.63) is 58.1 Å². The Labute approximate surface area is 163 Å². The van der Waals surface area contributed by atoms with Gasteiger partial charge in [-0.3, -0.25) is 14.9 Å². The number of nitro benzene ring substituents is 1. The second kappa shape index (κ2) is 9.70. The van der Waals surface area contributed by atoms with E-state index in [2.05, 4.69) is 10.6 Å². The van der Waals surface area contributed by atoms with Crippen LogP contribution in [0.1, 0.15) is 18.4 Å². The fourth-order valence-electron chi connectivity index (χ4n) is 2.94. The van der Waals surface area contributed by atoms with Gasteiger partial charge in [-0.15, -0.1) is 0 Å². The molecule has 0 spiro atoms. The van der Waals surface area contributed by atoms with Crippen LogP contribution in [0, 0.1) is 10.1 Å². The van der Waals surface area contributed by atoms with Crippen molar-refractivity contribution in [3.8, 4) is 11.5 Å². The Kier molecular flexibility index (Phi) is 6.80. The number of ether oxygens (including phenoxy) is 2. The van der Waals surface area contributed by atoms with Crippen molar-refractivity contribution in [1.29, 1.82) is 0 Å². The van der Waals surface area contributed by atoms with Crippen LogP contribution in [0.5, 0.6) is 11.5 Å². The summed E-state index contributed by atoms with van der Waals surface area (Å²) in [5.41, 5.74) is 1.94. The molecule has 2 aromatic carbocycles. The summed E-state index contributed by atoms with van der Waals surface area (Å²) in [5.74, 6) is 1.48. The van der Waals surface area contributed by atoms with Crippen LogP contribution in [0.15, 0.2) is 42.5 Å². The molecule has 0 fully saturated rings. The predicted molar refractivity (Wildman–Crippen MR) is 105 cm³/mol. The molecule has 1 heterocycles. The zero-order valence-electron chi connectivity index (χ0n) is 15.5. The van der Waals surface area contributed by atoms with Crippen molar-refractivity contribution in [2.24, 2.45) is 0 Å². The number of hydrogen-bond acceptors (Lipinski definition) is 6. The molecule has 0 radical (unpaired) electrons. The maximum atomic E-state index is 11.5. The summed E-state index contributed by atoms with van der Waals surface area (Å²) < 4.78 is 11.4. The minimum Gasteiger partial charge on any atom is -0.494 e. The van der Waals surface area contributed by atoms with E-state index in [9.17, 15) is 14.9 Å². The summed E-state index contributed by atoms with van der Waals surface area (Å²) in [6.45, 7) is 2.54. The molecule has 1 aliphatic heterocycles. The number of non-ortho nitro benzene ring substituents is 1. The van der Waals surface area contributed by atoms with Gasteiger partial charge in [0.15, 0.2) is 0 Å². The Morgan fingerprint density at radius 2 is 1.86 bits per heavy atom. The monoisotopic (exact) mass is 385 g/mol. The first-order valence-electron chi connectivity index (χ1n) is 9.26. The lowest BCUT2D eigenvalue weighted by molar-refractivity contribution is -0.384. The van der Waals surface area contributed by atoms with Crippen molar-refractivity contribution >= 4 is 17.3 Å². The van der Waals surface area contributed by atoms with Gasteiger partial charge in [-0.1, -0.05) is 6.07 Å². The Morgan fingerprint density at radius 1 is 1.04 bits per heavy atom. The fraction of sp³-hybridized carbons (Fsp3) is 0.350. The third-order valence-electron chi connectivity index (χ3n) is 4.36. The standard InChI is InChI=1S/C20H23N3O5/c24-20-10-9-17-18(22-20)3-1-4-19(17)28-14-12-21-11-2-13-27-16-7-5-15(6-8-16)23(25)26/h1,3-8,21H,2,9-14H2,(H,22,24). The number of amides is 1. The predicted octanol–water partition coefficient (Wildman–Crippen LogP) is 2.92. The van der Waals surface area contributed by atoms with Gasteiger partial charge in [-0.2, -0.15) is 0 Å². The number of anilines is 1. The number of nitro groups is 1. The van der Waals surface area contributed by atoms with Gasteiger partial charge in [-0.25, -0.2) is 0 Å². The molecule has 0 aromatic heterocycles. The Balaban J connectivity index is 1.29. The molecule has 2 aromatic rings. The van der Waals surface area contributed by atoms with E-state index >= 15 is 0 Å². The Hall–Kier alpha value is -3.13. The number of hydrogen-bond donors (Lipinski definition) is 2. The van der Waals surface area contributed by atoms with Gasteiger partial charge in [-0.05, 0) is 43.7 Å². The van der Waals surface area contributed by atoms with E-state index in [1.807, 2.05) is 18.2 Å². The van der Waals surface area contributed by atoms with Gasteiger partial charge in [0.1, 0.15) is 18.1 Å². The van der Waals surface area contributed by atoms with E-state index in [-0.39, 0.29) is 11.6 Å². The molecular weight excluding hydrogens is 362 g/mol. The van der Waals surface area contributed by atoms with Crippen molar-refractivity contribution in [1.82, 2.24) is 5.32 Å². The van der Waals surface area contributed by atoms with Gasteiger partial charge >= 0.3 is 0 Å². The summed E-state index contributed by atoms with van der Waals surface area (Å²) in [6.07, 6.45) is 1.99. The van der Waals surface area contributed by atoms with E-state index in [0.29, 0.717) is 38.3 Å². The molecule has 3 rings (SSSR count). The third-order valence-corrected chi connectivity index (χ3v) is 4.36. The van der Waals surface area contributed by atoms with Gasteiger partial charge < -0.3 is 20.1 Å². The molecule has 1 aliphatic rings. The normalized spacial score (nSPS) is 12.8. The first-order chi connectivity index (χ1) is 13.6. The number of carbonyl (C=O) groups excluding carboxylic acids is 1. The molecule has 0 saturated carbocycles. The lowest BCUT2D eigenvalue weighted by atomic mass is 10.0. The van der Waals surface area contributed by atoms with Crippen molar-refractivity contribution in [2.75, 3.05) is 31.6 Å². The van der Waals surface area contributed by atoms with Crippen LogP contribution in [0.3, 0.4) is 0 Å². The topological polar surface area (TPSA) is 103 Å². The largest absolute Gasteiger partial charge is 0.494 e. The second-order valence-corrected chi connectivity index (χ2v) is 6.38. The molecule has 0 atom stereocenters. The van der Waals surface area contributed by atoms with E-state index in [1.165, 1.54) is 12.1 Å². The number of benzene rings is 2. The second-order valence-electron chi connectivity index (χ2n) is 6.38. The lowest BCUT2D eigenvalue weighted by Gasteiger charge is -2.20. The van der Waals surface area contributed by atoms with E-state index in [1.54, 1.807) is 12.1 Å². The SMILES string of the molecule is O=C1CCc2c(cccc2OCCNCCCOc2ccc([N+](=O)[O-])cc2)N1. The highest BCUT2D eigenvalue weighted by molar-refractivity contribution is 5.94. The van der Waals surface area contributed by atoms with Crippen LogP contribution in [-0.4, -0.2) is 37.1 Å². The number of rotatable bonds is 10. The molecule has 1 amide bonds. The Morgan fingerprint density at radius 3 is 2.64 bits per heavy atom. The maximum absolute atomic E-state index is 11.5.